The summed E-state index contributed by atoms with van der Waals surface area (Å²) in [7, 11) is 0. The summed E-state index contributed by atoms with van der Waals surface area (Å²) in [5.41, 5.74) is -5.49. The Labute approximate surface area is 103 Å². The molecule has 1 aromatic carbocycles. The van der Waals surface area contributed by atoms with Crippen molar-refractivity contribution in [3.63, 3.8) is 0 Å². The highest BCUT2D eigenvalue weighted by molar-refractivity contribution is 5.79. The van der Waals surface area contributed by atoms with Gasteiger partial charge in [-0.2, -0.15) is 13.2 Å². The van der Waals surface area contributed by atoms with Gasteiger partial charge >= 0.3 is 17.7 Å². The monoisotopic (exact) mass is 282 g/mol. The number of benzene rings is 1. The van der Waals surface area contributed by atoms with Gasteiger partial charge in [-0.15, -0.1) is 0 Å². The maximum absolute atomic E-state index is 14.5. The fraction of sp³-hybridized carbons (Fsp3) is 0.364. The number of hydrogen-bond donors (Lipinski definition) is 1. The quantitative estimate of drug-likeness (QED) is 0.848. The Kier molecular flexibility index (Phi) is 2.81. The number of carboxylic acids is 1. The van der Waals surface area contributed by atoms with E-state index in [9.17, 15) is 26.7 Å². The molecule has 0 saturated carbocycles. The minimum atomic E-state index is -4.98. The summed E-state index contributed by atoms with van der Waals surface area (Å²) < 4.78 is 72.1. The lowest BCUT2D eigenvalue weighted by Gasteiger charge is -2.31. The van der Waals surface area contributed by atoms with E-state index in [-0.39, 0.29) is 0 Å². The highest BCUT2D eigenvalue weighted by atomic mass is 19.3. The van der Waals surface area contributed by atoms with Crippen molar-refractivity contribution in [2.45, 2.75) is 23.8 Å². The van der Waals surface area contributed by atoms with E-state index in [2.05, 4.69) is 4.74 Å². The van der Waals surface area contributed by atoms with E-state index in [4.69, 9.17) is 5.11 Å². The molecule has 1 saturated heterocycles. The van der Waals surface area contributed by atoms with Crippen LogP contribution in [-0.2, 0) is 15.2 Å². The van der Waals surface area contributed by atoms with Crippen LogP contribution >= 0.6 is 0 Å². The molecule has 104 valence electrons. The van der Waals surface area contributed by atoms with Gasteiger partial charge in [-0.1, -0.05) is 30.3 Å². The van der Waals surface area contributed by atoms with Crippen LogP contribution in [0.2, 0.25) is 0 Å². The summed E-state index contributed by atoms with van der Waals surface area (Å²) in [6.45, 7) is 0. The van der Waals surface area contributed by atoms with Gasteiger partial charge in [-0.25, -0.2) is 13.6 Å². The molecule has 2 rings (SSSR count). The first-order chi connectivity index (χ1) is 8.68. The first-order valence-corrected chi connectivity index (χ1v) is 5.04. The van der Waals surface area contributed by atoms with Crippen LogP contribution < -0.4 is 0 Å². The Bertz CT molecular complexity index is 508. The minimum absolute atomic E-state index is 0.729. The number of aliphatic carboxylic acids is 1. The second-order valence-electron chi connectivity index (χ2n) is 3.98. The van der Waals surface area contributed by atoms with Crippen molar-refractivity contribution in [3.05, 3.63) is 35.9 Å². The molecule has 0 radical (unpaired) electrons. The van der Waals surface area contributed by atoms with Crippen molar-refractivity contribution < 1.29 is 36.6 Å². The maximum atomic E-state index is 14.5. The topological polar surface area (TPSA) is 46.5 Å². The molecule has 0 aliphatic carbocycles. The first kappa shape index (κ1) is 13.7. The Morgan fingerprint density at radius 3 is 2.16 bits per heavy atom. The molecule has 1 aliphatic rings. The molecular formula is C11H7F5O3. The van der Waals surface area contributed by atoms with Crippen molar-refractivity contribution in [1.29, 1.82) is 0 Å². The Balaban J connectivity index is 2.70. The summed E-state index contributed by atoms with van der Waals surface area (Å²) in [6.07, 6.45) is -3.71. The summed E-state index contributed by atoms with van der Waals surface area (Å²) in [4.78, 5) is 10.7. The Hall–Kier alpha value is -1.70. The second-order valence-corrected chi connectivity index (χ2v) is 3.98. The highest BCUT2D eigenvalue weighted by Crippen LogP contribution is 2.59. The SMILES string of the molecule is O=C(O)C1(F)OC(F)C(F)(F)C1(F)c1ccccc1. The number of carboxylic acid groups (broad SMARTS) is 1. The number of carbonyl (C=O) groups is 1. The molecule has 0 aromatic heterocycles. The van der Waals surface area contributed by atoms with Crippen LogP contribution in [0, 0.1) is 0 Å². The largest absolute Gasteiger partial charge is 0.477 e. The maximum Gasteiger partial charge on any atom is 0.373 e. The van der Waals surface area contributed by atoms with Crippen LogP contribution in [-0.4, -0.2) is 29.2 Å². The van der Waals surface area contributed by atoms with Crippen molar-refractivity contribution in [3.8, 4) is 0 Å². The van der Waals surface area contributed by atoms with E-state index in [0.717, 1.165) is 24.3 Å². The van der Waals surface area contributed by atoms with Crippen molar-refractivity contribution in [1.82, 2.24) is 0 Å². The molecule has 1 heterocycles. The van der Waals surface area contributed by atoms with Crippen molar-refractivity contribution >= 4 is 5.97 Å². The van der Waals surface area contributed by atoms with E-state index in [1.54, 1.807) is 0 Å². The zero-order valence-electron chi connectivity index (χ0n) is 9.12. The molecule has 3 nitrogen and oxygen atoms in total. The molecule has 8 heteroatoms. The van der Waals surface area contributed by atoms with Crippen molar-refractivity contribution in [2.24, 2.45) is 0 Å². The standard InChI is InChI=1S/C11H7F5O3/c12-7-10(14,15)9(13,6-4-2-1-3-5-6)11(16,19-7)8(17)18/h1-5,7H,(H,17,18). The predicted octanol–water partition coefficient (Wildman–Crippen LogP) is 2.56. The third-order valence-corrected chi connectivity index (χ3v) is 2.90. The molecule has 1 fully saturated rings. The second kappa shape index (κ2) is 3.89. The number of halogens is 5. The Morgan fingerprint density at radius 1 is 1.16 bits per heavy atom. The molecule has 0 bridgehead atoms. The summed E-state index contributed by atoms with van der Waals surface area (Å²) >= 11 is 0. The van der Waals surface area contributed by atoms with E-state index in [1.165, 1.54) is 6.07 Å². The van der Waals surface area contributed by atoms with Gasteiger partial charge < -0.3 is 5.11 Å². The lowest BCUT2D eigenvalue weighted by atomic mass is 9.84. The molecule has 3 atom stereocenters. The summed E-state index contributed by atoms with van der Waals surface area (Å²) in [5.74, 6) is -12.2. The first-order valence-electron chi connectivity index (χ1n) is 5.04. The molecule has 1 aromatic rings. The fourth-order valence-corrected chi connectivity index (χ4v) is 1.91. The van der Waals surface area contributed by atoms with E-state index < -0.39 is 35.3 Å². The zero-order valence-corrected chi connectivity index (χ0v) is 9.12. The molecule has 1 N–H and O–H groups in total. The predicted molar refractivity (Wildman–Crippen MR) is 51.6 cm³/mol. The number of alkyl halides is 5. The smallest absolute Gasteiger partial charge is 0.373 e. The molecule has 3 unspecified atom stereocenters. The van der Waals surface area contributed by atoms with Gasteiger partial charge in [0.25, 0.3) is 12.0 Å². The van der Waals surface area contributed by atoms with E-state index in [1.807, 2.05) is 0 Å². The average Bonchev–Trinajstić information content (AvgIpc) is 2.50. The average molecular weight is 282 g/mol. The summed E-state index contributed by atoms with van der Waals surface area (Å²) in [6, 6.07) is 4.94. The van der Waals surface area contributed by atoms with Crippen LogP contribution in [0.15, 0.2) is 30.3 Å². The van der Waals surface area contributed by atoms with Crippen LogP contribution in [0.1, 0.15) is 5.56 Å². The third-order valence-electron chi connectivity index (χ3n) is 2.90. The van der Waals surface area contributed by atoms with Gasteiger partial charge in [0.05, 0.1) is 0 Å². The lowest BCUT2D eigenvalue weighted by Crippen LogP contribution is -2.55. The van der Waals surface area contributed by atoms with E-state index in [0.29, 0.717) is 0 Å². The number of rotatable bonds is 2. The van der Waals surface area contributed by atoms with Gasteiger partial charge in [0, 0.05) is 5.56 Å². The molecule has 0 spiro atoms. The van der Waals surface area contributed by atoms with Gasteiger partial charge in [-0.05, 0) is 0 Å². The molecule has 1 aliphatic heterocycles. The van der Waals surface area contributed by atoms with Crippen LogP contribution in [0.4, 0.5) is 22.0 Å². The van der Waals surface area contributed by atoms with Gasteiger partial charge in [0.15, 0.2) is 0 Å². The number of ether oxygens (including phenoxy) is 1. The highest BCUT2D eigenvalue weighted by Gasteiger charge is 2.84. The van der Waals surface area contributed by atoms with Crippen molar-refractivity contribution in [2.75, 3.05) is 0 Å². The van der Waals surface area contributed by atoms with Gasteiger partial charge in [-0.3, -0.25) is 4.74 Å². The summed E-state index contributed by atoms with van der Waals surface area (Å²) in [5, 5.41) is 8.58. The van der Waals surface area contributed by atoms with Crippen LogP contribution in [0.25, 0.3) is 0 Å². The zero-order chi connectivity index (χ0) is 14.5. The normalized spacial score (nSPS) is 37.2. The molecular weight excluding hydrogens is 275 g/mol. The fourth-order valence-electron chi connectivity index (χ4n) is 1.91. The van der Waals surface area contributed by atoms with Gasteiger partial charge in [0.2, 0.25) is 0 Å². The third kappa shape index (κ3) is 1.49. The van der Waals surface area contributed by atoms with E-state index >= 15 is 0 Å². The molecule has 0 amide bonds. The van der Waals surface area contributed by atoms with Gasteiger partial charge in [0.1, 0.15) is 0 Å². The van der Waals surface area contributed by atoms with Crippen LogP contribution in [0.3, 0.4) is 0 Å². The number of hydrogen-bond acceptors (Lipinski definition) is 2. The molecule has 19 heavy (non-hydrogen) atoms. The van der Waals surface area contributed by atoms with Crippen LogP contribution in [0.5, 0.6) is 0 Å². The minimum Gasteiger partial charge on any atom is -0.477 e. The lowest BCUT2D eigenvalue weighted by molar-refractivity contribution is -0.229. The Morgan fingerprint density at radius 2 is 1.68 bits per heavy atom.